The van der Waals surface area contributed by atoms with Gasteiger partial charge in [0.15, 0.2) is 0 Å². The number of benzene rings is 1. The topological polar surface area (TPSA) is 60.8 Å². The van der Waals surface area contributed by atoms with Crippen molar-refractivity contribution in [1.29, 1.82) is 0 Å². The van der Waals surface area contributed by atoms with Gasteiger partial charge in [0.2, 0.25) is 0 Å². The van der Waals surface area contributed by atoms with E-state index < -0.39 is 0 Å². The van der Waals surface area contributed by atoms with Crippen molar-refractivity contribution in [3.63, 3.8) is 0 Å². The summed E-state index contributed by atoms with van der Waals surface area (Å²) in [6.07, 6.45) is 0. The third kappa shape index (κ3) is 2.56. The summed E-state index contributed by atoms with van der Waals surface area (Å²) in [6.45, 7) is 5.43. The van der Waals surface area contributed by atoms with E-state index in [0.29, 0.717) is 23.6 Å². The number of amides is 1. The Morgan fingerprint density at radius 3 is 2.22 bits per heavy atom. The summed E-state index contributed by atoms with van der Waals surface area (Å²) in [5, 5.41) is 20.2. The number of thioether (sulfide) groups is 1. The molecule has 0 saturated carbocycles. The van der Waals surface area contributed by atoms with Gasteiger partial charge >= 0.3 is 0 Å². The zero-order chi connectivity index (χ0) is 13.3. The van der Waals surface area contributed by atoms with Crippen molar-refractivity contribution in [3.05, 3.63) is 23.8 Å². The maximum atomic E-state index is 12.3. The van der Waals surface area contributed by atoms with Crippen LogP contribution in [0, 0.1) is 0 Å². The number of phenolic OH excluding ortho intramolecular Hbond substituents is 2. The smallest absolute Gasteiger partial charge is 0.261 e. The van der Waals surface area contributed by atoms with Crippen LogP contribution in [0.3, 0.4) is 0 Å². The van der Waals surface area contributed by atoms with Gasteiger partial charge in [-0.3, -0.25) is 4.79 Å². The minimum Gasteiger partial charge on any atom is -0.507 e. The third-order valence-corrected chi connectivity index (χ3v) is 4.17. The lowest BCUT2D eigenvalue weighted by molar-refractivity contribution is 0.0747. The van der Waals surface area contributed by atoms with Gasteiger partial charge in [0.1, 0.15) is 17.1 Å². The number of carbonyl (C=O) groups excluding carboxylic acids is 1. The molecule has 2 unspecified atom stereocenters. The van der Waals surface area contributed by atoms with Crippen LogP contribution in [-0.4, -0.2) is 44.6 Å². The molecule has 2 N–H and O–H groups in total. The maximum Gasteiger partial charge on any atom is 0.261 e. The predicted molar refractivity (Wildman–Crippen MR) is 72.2 cm³/mol. The molecule has 4 nitrogen and oxygen atoms in total. The second kappa shape index (κ2) is 5.10. The van der Waals surface area contributed by atoms with Crippen LogP contribution >= 0.6 is 11.8 Å². The van der Waals surface area contributed by atoms with E-state index in [1.807, 2.05) is 11.8 Å². The zero-order valence-corrected chi connectivity index (χ0v) is 11.3. The zero-order valence-electron chi connectivity index (χ0n) is 10.5. The van der Waals surface area contributed by atoms with E-state index >= 15 is 0 Å². The molecule has 1 saturated heterocycles. The summed E-state index contributed by atoms with van der Waals surface area (Å²) in [7, 11) is 0. The lowest BCUT2D eigenvalue weighted by atomic mass is 10.1. The number of aromatic hydroxyl groups is 2. The van der Waals surface area contributed by atoms with Crippen molar-refractivity contribution in [1.82, 2.24) is 4.90 Å². The molecule has 0 radical (unpaired) electrons. The van der Waals surface area contributed by atoms with E-state index in [1.165, 1.54) is 18.2 Å². The van der Waals surface area contributed by atoms with Crippen molar-refractivity contribution >= 4 is 17.7 Å². The second-order valence-corrected chi connectivity index (χ2v) is 6.52. The predicted octanol–water partition coefficient (Wildman–Crippen LogP) is 2.06. The van der Waals surface area contributed by atoms with Gasteiger partial charge < -0.3 is 15.1 Å². The van der Waals surface area contributed by atoms with E-state index in [0.717, 1.165) is 0 Å². The highest BCUT2D eigenvalue weighted by molar-refractivity contribution is 8.00. The molecule has 1 aliphatic heterocycles. The largest absolute Gasteiger partial charge is 0.507 e. The van der Waals surface area contributed by atoms with Gasteiger partial charge in [0.05, 0.1) is 0 Å². The number of rotatable bonds is 1. The van der Waals surface area contributed by atoms with Gasteiger partial charge in [-0.25, -0.2) is 0 Å². The fraction of sp³-hybridized carbons (Fsp3) is 0.462. The molecule has 0 bridgehead atoms. The summed E-state index contributed by atoms with van der Waals surface area (Å²) in [5.41, 5.74) is 0.00352. The first-order valence-corrected chi connectivity index (χ1v) is 6.89. The Labute approximate surface area is 111 Å². The highest BCUT2D eigenvalue weighted by Crippen LogP contribution is 2.31. The first kappa shape index (κ1) is 13.1. The first-order chi connectivity index (χ1) is 8.49. The van der Waals surface area contributed by atoms with E-state index in [1.54, 1.807) is 4.90 Å². The SMILES string of the molecule is CC1CN(C(=O)c2c(O)cccc2O)CC(C)S1. The Bertz CT molecular complexity index is 433. The molecule has 1 amide bonds. The summed E-state index contributed by atoms with van der Waals surface area (Å²) >= 11 is 1.85. The molecule has 18 heavy (non-hydrogen) atoms. The monoisotopic (exact) mass is 267 g/mol. The molecule has 5 heteroatoms. The van der Waals surface area contributed by atoms with Crippen molar-refractivity contribution in [2.24, 2.45) is 0 Å². The van der Waals surface area contributed by atoms with Gasteiger partial charge in [0.25, 0.3) is 5.91 Å². The van der Waals surface area contributed by atoms with Crippen LogP contribution in [-0.2, 0) is 0 Å². The average Bonchev–Trinajstić information content (AvgIpc) is 2.27. The van der Waals surface area contributed by atoms with Crippen molar-refractivity contribution in [2.75, 3.05) is 13.1 Å². The van der Waals surface area contributed by atoms with E-state index in [9.17, 15) is 15.0 Å². The first-order valence-electron chi connectivity index (χ1n) is 5.94. The second-order valence-electron chi connectivity index (χ2n) is 4.64. The van der Waals surface area contributed by atoms with Crippen LogP contribution in [0.15, 0.2) is 18.2 Å². The van der Waals surface area contributed by atoms with Gasteiger partial charge in [0, 0.05) is 23.6 Å². The van der Waals surface area contributed by atoms with Gasteiger partial charge in [-0.05, 0) is 12.1 Å². The lowest BCUT2D eigenvalue weighted by Gasteiger charge is -2.34. The molecule has 0 aromatic heterocycles. The molecule has 0 spiro atoms. The normalized spacial score (nSPS) is 24.0. The minimum absolute atomic E-state index is 0.00352. The van der Waals surface area contributed by atoms with Crippen LogP contribution in [0.2, 0.25) is 0 Å². The number of nitrogens with zero attached hydrogens (tertiary/aromatic N) is 1. The third-order valence-electron chi connectivity index (χ3n) is 2.94. The standard InChI is InChI=1S/C13H17NO3S/c1-8-6-14(7-9(2)18-8)13(17)12-10(15)4-3-5-11(12)16/h3-5,8-9,15-16H,6-7H2,1-2H3. The van der Waals surface area contributed by atoms with Crippen LogP contribution in [0.4, 0.5) is 0 Å². The summed E-state index contributed by atoms with van der Waals surface area (Å²) in [6, 6.07) is 4.34. The summed E-state index contributed by atoms with van der Waals surface area (Å²) < 4.78 is 0. The van der Waals surface area contributed by atoms with Crippen LogP contribution in [0.5, 0.6) is 11.5 Å². The van der Waals surface area contributed by atoms with Crippen LogP contribution in [0.1, 0.15) is 24.2 Å². The van der Waals surface area contributed by atoms with Gasteiger partial charge in [-0.15, -0.1) is 0 Å². The van der Waals surface area contributed by atoms with Gasteiger partial charge in [-0.1, -0.05) is 19.9 Å². The van der Waals surface area contributed by atoms with E-state index in [4.69, 9.17) is 0 Å². The van der Waals surface area contributed by atoms with Crippen molar-refractivity contribution in [2.45, 2.75) is 24.3 Å². The van der Waals surface area contributed by atoms with Crippen molar-refractivity contribution < 1.29 is 15.0 Å². The molecule has 1 heterocycles. The molecular weight excluding hydrogens is 250 g/mol. The maximum absolute atomic E-state index is 12.3. The van der Waals surface area contributed by atoms with Crippen LogP contribution in [0.25, 0.3) is 0 Å². The van der Waals surface area contributed by atoms with Crippen molar-refractivity contribution in [3.8, 4) is 11.5 Å². The average molecular weight is 267 g/mol. The Morgan fingerprint density at radius 1 is 1.22 bits per heavy atom. The Morgan fingerprint density at radius 2 is 1.72 bits per heavy atom. The van der Waals surface area contributed by atoms with E-state index in [2.05, 4.69) is 13.8 Å². The molecular formula is C13H17NO3S. The molecule has 0 aliphatic carbocycles. The summed E-state index contributed by atoms with van der Waals surface area (Å²) in [4.78, 5) is 14.0. The minimum atomic E-state index is -0.301. The fourth-order valence-corrected chi connectivity index (χ4v) is 3.57. The Hall–Kier alpha value is -1.36. The van der Waals surface area contributed by atoms with E-state index in [-0.39, 0.29) is 23.0 Å². The highest BCUT2D eigenvalue weighted by atomic mass is 32.2. The number of carbonyl (C=O) groups is 1. The Balaban J connectivity index is 2.26. The van der Waals surface area contributed by atoms with Gasteiger partial charge in [-0.2, -0.15) is 11.8 Å². The van der Waals surface area contributed by atoms with Crippen LogP contribution < -0.4 is 0 Å². The summed E-state index contributed by atoms with van der Waals surface area (Å²) in [5.74, 6) is -0.637. The molecule has 1 aliphatic rings. The lowest BCUT2D eigenvalue weighted by Crippen LogP contribution is -2.44. The number of phenols is 2. The number of hydrogen-bond acceptors (Lipinski definition) is 4. The number of hydrogen-bond donors (Lipinski definition) is 2. The Kier molecular flexibility index (Phi) is 3.71. The quantitative estimate of drug-likeness (QED) is 0.817. The molecule has 1 aromatic carbocycles. The molecule has 98 valence electrons. The highest BCUT2D eigenvalue weighted by Gasteiger charge is 2.29. The fourth-order valence-electron chi connectivity index (χ4n) is 2.25. The molecule has 1 aromatic rings. The molecule has 1 fully saturated rings. The molecule has 2 rings (SSSR count). The molecule has 2 atom stereocenters.